The van der Waals surface area contributed by atoms with Gasteiger partial charge in [-0.3, -0.25) is 19.7 Å². The number of nitro groups is 1. The number of carbonyl (C=O) groups excluding carboxylic acids is 2. The first-order valence-corrected chi connectivity index (χ1v) is 9.29. The SMILES string of the molecule is Cc1c(NC(=O)COC(=O)CCc2nc3ccccc3s2)cccc1[N+](=O)[O-]. The molecule has 0 aliphatic rings. The topological polar surface area (TPSA) is 111 Å². The number of anilines is 1. The van der Waals surface area contributed by atoms with E-state index in [1.165, 1.54) is 30.4 Å². The molecule has 1 amide bonds. The van der Waals surface area contributed by atoms with Crippen molar-refractivity contribution >= 4 is 44.8 Å². The Labute approximate surface area is 164 Å². The van der Waals surface area contributed by atoms with Gasteiger partial charge in [-0.1, -0.05) is 18.2 Å². The number of hydrogen-bond acceptors (Lipinski definition) is 7. The van der Waals surface area contributed by atoms with Gasteiger partial charge in [0.1, 0.15) is 0 Å². The molecule has 0 fully saturated rings. The average Bonchev–Trinajstić information content (AvgIpc) is 3.09. The second-order valence-corrected chi connectivity index (χ2v) is 7.11. The minimum atomic E-state index is -0.558. The quantitative estimate of drug-likeness (QED) is 0.369. The molecule has 0 aliphatic heterocycles. The Kier molecular flexibility index (Phi) is 5.95. The summed E-state index contributed by atoms with van der Waals surface area (Å²) in [6.07, 6.45) is 0.548. The number of nitro benzene ring substituents is 1. The zero-order valence-electron chi connectivity index (χ0n) is 15.0. The third kappa shape index (κ3) is 4.68. The van der Waals surface area contributed by atoms with Gasteiger partial charge in [-0.2, -0.15) is 0 Å². The molecule has 1 N–H and O–H groups in total. The molecule has 0 aliphatic carbocycles. The van der Waals surface area contributed by atoms with Gasteiger partial charge in [0.25, 0.3) is 11.6 Å². The van der Waals surface area contributed by atoms with E-state index in [0.29, 0.717) is 17.7 Å². The number of aromatic nitrogens is 1. The van der Waals surface area contributed by atoms with E-state index in [1.807, 2.05) is 24.3 Å². The van der Waals surface area contributed by atoms with Crippen molar-refractivity contribution < 1.29 is 19.2 Å². The molecular formula is C19H17N3O5S. The first-order chi connectivity index (χ1) is 13.4. The highest BCUT2D eigenvalue weighted by atomic mass is 32.1. The number of ether oxygens (including phenoxy) is 1. The number of fused-ring (bicyclic) bond motifs is 1. The van der Waals surface area contributed by atoms with Crippen LogP contribution < -0.4 is 5.32 Å². The van der Waals surface area contributed by atoms with E-state index >= 15 is 0 Å². The number of para-hydroxylation sites is 1. The Morgan fingerprint density at radius 3 is 2.75 bits per heavy atom. The van der Waals surface area contributed by atoms with Gasteiger partial charge in [0.05, 0.1) is 37.8 Å². The first-order valence-electron chi connectivity index (χ1n) is 8.48. The Morgan fingerprint density at radius 2 is 2.00 bits per heavy atom. The number of nitrogens with one attached hydrogen (secondary N) is 1. The average molecular weight is 399 g/mol. The zero-order chi connectivity index (χ0) is 20.1. The molecule has 1 aromatic heterocycles. The number of aryl methyl sites for hydroxylation is 1. The Balaban J connectivity index is 1.48. The predicted octanol–water partition coefficient (Wildman–Crippen LogP) is 3.63. The molecule has 8 nitrogen and oxygen atoms in total. The van der Waals surface area contributed by atoms with E-state index in [1.54, 1.807) is 6.07 Å². The van der Waals surface area contributed by atoms with Gasteiger partial charge in [0.2, 0.25) is 0 Å². The summed E-state index contributed by atoms with van der Waals surface area (Å²) in [4.78, 5) is 38.7. The molecular weight excluding hydrogens is 382 g/mol. The third-order valence-electron chi connectivity index (χ3n) is 4.02. The molecule has 28 heavy (non-hydrogen) atoms. The van der Waals surface area contributed by atoms with Gasteiger partial charge >= 0.3 is 5.97 Å². The molecule has 1 heterocycles. The minimum absolute atomic E-state index is 0.0920. The van der Waals surface area contributed by atoms with Crippen LogP contribution in [0.25, 0.3) is 10.2 Å². The van der Waals surface area contributed by atoms with E-state index in [2.05, 4.69) is 10.3 Å². The number of carbonyl (C=O) groups is 2. The second kappa shape index (κ2) is 8.57. The van der Waals surface area contributed by atoms with Gasteiger partial charge in [0, 0.05) is 12.5 Å². The molecule has 0 saturated carbocycles. The lowest BCUT2D eigenvalue weighted by molar-refractivity contribution is -0.385. The number of rotatable bonds is 7. The van der Waals surface area contributed by atoms with Gasteiger partial charge in [0.15, 0.2) is 6.61 Å². The van der Waals surface area contributed by atoms with Crippen LogP contribution in [0.2, 0.25) is 0 Å². The molecule has 3 rings (SSSR count). The van der Waals surface area contributed by atoms with Crippen molar-refractivity contribution in [3.05, 3.63) is 63.1 Å². The summed E-state index contributed by atoms with van der Waals surface area (Å²) in [5, 5.41) is 14.3. The maximum atomic E-state index is 12.0. The molecule has 144 valence electrons. The molecule has 9 heteroatoms. The minimum Gasteiger partial charge on any atom is -0.456 e. The first kappa shape index (κ1) is 19.4. The fraction of sp³-hybridized carbons (Fsp3) is 0.211. The van der Waals surface area contributed by atoms with Crippen LogP contribution in [0, 0.1) is 17.0 Å². The lowest BCUT2D eigenvalue weighted by Gasteiger charge is -2.09. The van der Waals surface area contributed by atoms with Gasteiger partial charge in [-0.25, -0.2) is 4.98 Å². The van der Waals surface area contributed by atoms with Crippen molar-refractivity contribution in [2.45, 2.75) is 19.8 Å². The Bertz CT molecular complexity index is 1010. The second-order valence-electron chi connectivity index (χ2n) is 5.99. The van der Waals surface area contributed by atoms with Crippen LogP contribution in [0.15, 0.2) is 42.5 Å². The molecule has 2 aromatic carbocycles. The van der Waals surface area contributed by atoms with E-state index in [4.69, 9.17) is 4.74 Å². The summed E-state index contributed by atoms with van der Waals surface area (Å²) in [6.45, 7) is 1.08. The summed E-state index contributed by atoms with van der Waals surface area (Å²) in [7, 11) is 0. The number of amides is 1. The number of hydrogen-bond donors (Lipinski definition) is 1. The molecule has 0 bridgehead atoms. The third-order valence-corrected chi connectivity index (χ3v) is 5.12. The van der Waals surface area contributed by atoms with Crippen molar-refractivity contribution in [3.8, 4) is 0 Å². The summed E-state index contributed by atoms with van der Waals surface area (Å²) in [5.74, 6) is -1.07. The fourth-order valence-electron chi connectivity index (χ4n) is 2.60. The predicted molar refractivity (Wildman–Crippen MR) is 105 cm³/mol. The van der Waals surface area contributed by atoms with Crippen molar-refractivity contribution in [2.75, 3.05) is 11.9 Å². The van der Waals surface area contributed by atoms with Crippen LogP contribution in [-0.2, 0) is 20.7 Å². The molecule has 0 atom stereocenters. The Morgan fingerprint density at radius 1 is 1.21 bits per heavy atom. The van der Waals surface area contributed by atoms with Crippen LogP contribution in [0.5, 0.6) is 0 Å². The van der Waals surface area contributed by atoms with Gasteiger partial charge in [-0.15, -0.1) is 11.3 Å². The smallest absolute Gasteiger partial charge is 0.306 e. The van der Waals surface area contributed by atoms with Crippen molar-refractivity contribution in [1.82, 2.24) is 4.98 Å². The van der Waals surface area contributed by atoms with Crippen LogP contribution in [0.4, 0.5) is 11.4 Å². The number of thiazole rings is 1. The fourth-order valence-corrected chi connectivity index (χ4v) is 3.56. The van der Waals surface area contributed by atoms with E-state index in [0.717, 1.165) is 15.2 Å². The van der Waals surface area contributed by atoms with Crippen LogP contribution >= 0.6 is 11.3 Å². The largest absolute Gasteiger partial charge is 0.456 e. The summed E-state index contributed by atoms with van der Waals surface area (Å²) in [6, 6.07) is 12.1. The molecule has 0 radical (unpaired) electrons. The number of benzene rings is 2. The monoisotopic (exact) mass is 399 g/mol. The molecule has 0 spiro atoms. The van der Waals surface area contributed by atoms with Crippen molar-refractivity contribution in [3.63, 3.8) is 0 Å². The van der Waals surface area contributed by atoms with Crippen LogP contribution in [-0.4, -0.2) is 28.4 Å². The highest BCUT2D eigenvalue weighted by Crippen LogP contribution is 2.25. The summed E-state index contributed by atoms with van der Waals surface area (Å²) < 4.78 is 6.03. The lowest BCUT2D eigenvalue weighted by Crippen LogP contribution is -2.21. The lowest BCUT2D eigenvalue weighted by atomic mass is 10.1. The molecule has 0 unspecified atom stereocenters. The maximum Gasteiger partial charge on any atom is 0.306 e. The van der Waals surface area contributed by atoms with Crippen molar-refractivity contribution in [1.29, 1.82) is 0 Å². The van der Waals surface area contributed by atoms with E-state index < -0.39 is 23.4 Å². The highest BCUT2D eigenvalue weighted by Gasteiger charge is 2.16. The zero-order valence-corrected chi connectivity index (χ0v) is 15.8. The van der Waals surface area contributed by atoms with Crippen LogP contribution in [0.1, 0.15) is 17.0 Å². The summed E-state index contributed by atoms with van der Waals surface area (Å²) >= 11 is 1.52. The maximum absolute atomic E-state index is 12.0. The van der Waals surface area contributed by atoms with Gasteiger partial charge in [-0.05, 0) is 25.1 Å². The van der Waals surface area contributed by atoms with E-state index in [-0.39, 0.29) is 12.1 Å². The van der Waals surface area contributed by atoms with Crippen molar-refractivity contribution in [2.24, 2.45) is 0 Å². The number of esters is 1. The molecule has 3 aromatic rings. The number of nitrogens with zero attached hydrogens (tertiary/aromatic N) is 2. The highest BCUT2D eigenvalue weighted by molar-refractivity contribution is 7.18. The molecule has 0 saturated heterocycles. The van der Waals surface area contributed by atoms with Crippen LogP contribution in [0.3, 0.4) is 0 Å². The van der Waals surface area contributed by atoms with E-state index in [9.17, 15) is 19.7 Å². The summed E-state index contributed by atoms with van der Waals surface area (Å²) in [5.41, 5.74) is 1.45. The van der Waals surface area contributed by atoms with Gasteiger partial charge < -0.3 is 10.1 Å². The normalized spacial score (nSPS) is 10.6. The standard InChI is InChI=1S/C19H17N3O5S/c1-12-13(6-4-7-15(12)22(25)26)20-17(23)11-27-19(24)10-9-18-21-14-5-2-3-8-16(14)28-18/h2-8H,9-11H2,1H3,(H,20,23). The Hall–Kier alpha value is -3.33.